The zero-order chi connectivity index (χ0) is 12.7. The van der Waals surface area contributed by atoms with Crippen molar-refractivity contribution >= 4 is 22.8 Å². The molecule has 0 amide bonds. The molecule has 0 aromatic carbocycles. The molecular formula is C12H9N3O2S. The van der Waals surface area contributed by atoms with E-state index in [1.165, 1.54) is 6.20 Å². The first-order chi connectivity index (χ1) is 8.66. The minimum atomic E-state index is -0.951. The smallest absolute Gasteiger partial charge is 0.347 e. The SMILES string of the molecule is Cc1nn2ccccc2c1-c1ncc(C(=O)O)s1. The molecule has 3 aromatic rings. The number of pyridine rings is 1. The van der Waals surface area contributed by atoms with Gasteiger partial charge in [-0.3, -0.25) is 0 Å². The highest BCUT2D eigenvalue weighted by atomic mass is 32.1. The number of rotatable bonds is 2. The van der Waals surface area contributed by atoms with Gasteiger partial charge in [0.1, 0.15) is 9.88 Å². The van der Waals surface area contributed by atoms with Crippen molar-refractivity contribution in [3.05, 3.63) is 41.2 Å². The Balaban J connectivity index is 2.24. The summed E-state index contributed by atoms with van der Waals surface area (Å²) in [4.78, 5) is 15.3. The molecule has 0 fully saturated rings. The Morgan fingerprint density at radius 1 is 1.44 bits per heavy atom. The van der Waals surface area contributed by atoms with Crippen molar-refractivity contribution in [3.8, 4) is 10.6 Å². The fourth-order valence-electron chi connectivity index (χ4n) is 1.87. The van der Waals surface area contributed by atoms with Crippen molar-refractivity contribution in [3.63, 3.8) is 0 Å². The van der Waals surface area contributed by atoms with Gasteiger partial charge in [0.25, 0.3) is 0 Å². The van der Waals surface area contributed by atoms with Gasteiger partial charge in [-0.2, -0.15) is 5.10 Å². The maximum atomic E-state index is 10.9. The normalized spacial score (nSPS) is 10.9. The van der Waals surface area contributed by atoms with Crippen LogP contribution in [0.1, 0.15) is 15.4 Å². The van der Waals surface area contributed by atoms with Crippen LogP contribution in [0.5, 0.6) is 0 Å². The lowest BCUT2D eigenvalue weighted by molar-refractivity contribution is 0.0702. The molecular weight excluding hydrogens is 250 g/mol. The Labute approximate surface area is 106 Å². The Morgan fingerprint density at radius 2 is 2.28 bits per heavy atom. The highest BCUT2D eigenvalue weighted by Crippen LogP contribution is 2.31. The summed E-state index contributed by atoms with van der Waals surface area (Å²) in [6, 6.07) is 5.76. The van der Waals surface area contributed by atoms with E-state index in [-0.39, 0.29) is 4.88 Å². The van der Waals surface area contributed by atoms with Crippen LogP contribution in [0, 0.1) is 6.92 Å². The molecule has 3 rings (SSSR count). The number of aryl methyl sites for hydroxylation is 1. The van der Waals surface area contributed by atoms with Gasteiger partial charge in [-0.25, -0.2) is 14.3 Å². The molecule has 0 aliphatic heterocycles. The lowest BCUT2D eigenvalue weighted by Crippen LogP contribution is -1.89. The lowest BCUT2D eigenvalue weighted by atomic mass is 10.2. The van der Waals surface area contributed by atoms with E-state index in [9.17, 15) is 4.79 Å². The minimum absolute atomic E-state index is 0.236. The van der Waals surface area contributed by atoms with Crippen LogP contribution in [0.3, 0.4) is 0 Å². The van der Waals surface area contributed by atoms with Crippen LogP contribution in [0.4, 0.5) is 0 Å². The number of aromatic nitrogens is 3. The molecule has 0 saturated carbocycles. The van der Waals surface area contributed by atoms with E-state index in [2.05, 4.69) is 10.1 Å². The Bertz CT molecular complexity index is 745. The Hall–Kier alpha value is -2.21. The summed E-state index contributed by atoms with van der Waals surface area (Å²) in [5.74, 6) is -0.951. The van der Waals surface area contributed by atoms with Gasteiger partial charge >= 0.3 is 5.97 Å². The van der Waals surface area contributed by atoms with Crippen LogP contribution in [-0.2, 0) is 0 Å². The van der Waals surface area contributed by atoms with Crippen molar-refractivity contribution < 1.29 is 9.90 Å². The van der Waals surface area contributed by atoms with Gasteiger partial charge in [-0.15, -0.1) is 11.3 Å². The second kappa shape index (κ2) is 3.92. The molecule has 0 spiro atoms. The number of fused-ring (bicyclic) bond motifs is 1. The second-order valence-electron chi connectivity index (χ2n) is 3.83. The largest absolute Gasteiger partial charge is 0.477 e. The maximum Gasteiger partial charge on any atom is 0.347 e. The van der Waals surface area contributed by atoms with Gasteiger partial charge < -0.3 is 5.11 Å². The standard InChI is InChI=1S/C12H9N3O2S/c1-7-10(8-4-2-3-5-15(8)14-7)11-13-6-9(18-11)12(16)17/h2-6H,1H3,(H,16,17). The van der Waals surface area contributed by atoms with Crippen LogP contribution < -0.4 is 0 Å². The van der Waals surface area contributed by atoms with E-state index in [1.807, 2.05) is 31.3 Å². The van der Waals surface area contributed by atoms with Crippen molar-refractivity contribution in [1.82, 2.24) is 14.6 Å². The molecule has 0 saturated heterocycles. The van der Waals surface area contributed by atoms with Gasteiger partial charge in [-0.05, 0) is 19.1 Å². The van der Waals surface area contributed by atoms with E-state index in [0.717, 1.165) is 28.1 Å². The first kappa shape index (κ1) is 10.9. The van der Waals surface area contributed by atoms with Gasteiger partial charge in [0.2, 0.25) is 0 Å². The summed E-state index contributed by atoms with van der Waals surface area (Å²) >= 11 is 1.16. The minimum Gasteiger partial charge on any atom is -0.477 e. The molecule has 3 heterocycles. The molecule has 0 aliphatic carbocycles. The number of hydrogen-bond acceptors (Lipinski definition) is 4. The topological polar surface area (TPSA) is 67.5 Å². The average molecular weight is 259 g/mol. The quantitative estimate of drug-likeness (QED) is 0.767. The van der Waals surface area contributed by atoms with Crippen LogP contribution in [0.25, 0.3) is 16.1 Å². The zero-order valence-corrected chi connectivity index (χ0v) is 10.3. The molecule has 3 aromatic heterocycles. The molecule has 18 heavy (non-hydrogen) atoms. The maximum absolute atomic E-state index is 10.9. The van der Waals surface area contributed by atoms with Crippen molar-refractivity contribution in [2.24, 2.45) is 0 Å². The number of carbonyl (C=O) groups is 1. The molecule has 0 aliphatic rings. The Kier molecular flexibility index (Phi) is 2.38. The molecule has 0 radical (unpaired) electrons. The van der Waals surface area contributed by atoms with Crippen LogP contribution in [0.15, 0.2) is 30.6 Å². The van der Waals surface area contributed by atoms with E-state index in [0.29, 0.717) is 5.01 Å². The fourth-order valence-corrected chi connectivity index (χ4v) is 2.73. The number of hydrogen-bond donors (Lipinski definition) is 1. The predicted octanol–water partition coefficient (Wildman–Crippen LogP) is 2.46. The van der Waals surface area contributed by atoms with E-state index in [1.54, 1.807) is 4.52 Å². The highest BCUT2D eigenvalue weighted by molar-refractivity contribution is 7.16. The predicted molar refractivity (Wildman–Crippen MR) is 68.0 cm³/mol. The van der Waals surface area contributed by atoms with Gasteiger partial charge in [0.05, 0.1) is 23.0 Å². The number of thiazole rings is 1. The molecule has 0 atom stereocenters. The molecule has 0 bridgehead atoms. The first-order valence-corrected chi connectivity index (χ1v) is 6.12. The van der Waals surface area contributed by atoms with Gasteiger partial charge in [-0.1, -0.05) is 6.07 Å². The van der Waals surface area contributed by atoms with Crippen LogP contribution in [0.2, 0.25) is 0 Å². The number of carboxylic acids is 1. The summed E-state index contributed by atoms with van der Waals surface area (Å²) < 4.78 is 1.77. The number of carboxylic acid groups (broad SMARTS) is 1. The van der Waals surface area contributed by atoms with Gasteiger partial charge in [0.15, 0.2) is 0 Å². The summed E-state index contributed by atoms with van der Waals surface area (Å²) in [6.07, 6.45) is 3.24. The Morgan fingerprint density at radius 3 is 3.00 bits per heavy atom. The average Bonchev–Trinajstić information content (AvgIpc) is 2.91. The summed E-state index contributed by atoms with van der Waals surface area (Å²) in [6.45, 7) is 1.89. The number of aromatic carboxylic acids is 1. The molecule has 90 valence electrons. The number of nitrogens with zero attached hydrogens (tertiary/aromatic N) is 3. The first-order valence-electron chi connectivity index (χ1n) is 5.30. The third-order valence-corrected chi connectivity index (χ3v) is 3.65. The van der Waals surface area contributed by atoms with Crippen molar-refractivity contribution in [2.75, 3.05) is 0 Å². The molecule has 6 heteroatoms. The molecule has 1 N–H and O–H groups in total. The van der Waals surface area contributed by atoms with Gasteiger partial charge in [0, 0.05) is 6.20 Å². The summed E-state index contributed by atoms with van der Waals surface area (Å²) in [7, 11) is 0. The van der Waals surface area contributed by atoms with E-state index < -0.39 is 5.97 Å². The second-order valence-corrected chi connectivity index (χ2v) is 4.86. The fraction of sp³-hybridized carbons (Fsp3) is 0.0833. The van der Waals surface area contributed by atoms with E-state index in [4.69, 9.17) is 5.11 Å². The zero-order valence-electron chi connectivity index (χ0n) is 9.49. The van der Waals surface area contributed by atoms with Crippen LogP contribution >= 0.6 is 11.3 Å². The van der Waals surface area contributed by atoms with E-state index >= 15 is 0 Å². The highest BCUT2D eigenvalue weighted by Gasteiger charge is 2.16. The lowest BCUT2D eigenvalue weighted by Gasteiger charge is -1.94. The summed E-state index contributed by atoms with van der Waals surface area (Å²) in [5.41, 5.74) is 2.67. The molecule has 5 nitrogen and oxygen atoms in total. The van der Waals surface area contributed by atoms with Crippen molar-refractivity contribution in [1.29, 1.82) is 0 Å². The monoisotopic (exact) mass is 259 g/mol. The third-order valence-electron chi connectivity index (χ3n) is 2.65. The molecule has 0 unspecified atom stereocenters. The third kappa shape index (κ3) is 1.58. The van der Waals surface area contributed by atoms with Crippen molar-refractivity contribution in [2.45, 2.75) is 6.92 Å². The van der Waals surface area contributed by atoms with Crippen LogP contribution in [-0.4, -0.2) is 25.7 Å². The summed E-state index contributed by atoms with van der Waals surface area (Å²) in [5, 5.41) is 14.0.